The Labute approximate surface area is 128 Å². The Morgan fingerprint density at radius 1 is 1.29 bits per heavy atom. The number of nitrogens with zero attached hydrogens (tertiary/aromatic N) is 3. The van der Waals surface area contributed by atoms with Gasteiger partial charge in [-0.1, -0.05) is 12.3 Å². The van der Waals surface area contributed by atoms with E-state index in [2.05, 4.69) is 30.5 Å². The van der Waals surface area contributed by atoms with Crippen LogP contribution in [0.4, 0.5) is 5.82 Å². The van der Waals surface area contributed by atoms with Crippen molar-refractivity contribution in [3.05, 3.63) is 5.49 Å². The molecule has 1 unspecified atom stereocenters. The van der Waals surface area contributed by atoms with Gasteiger partial charge in [0.1, 0.15) is 0 Å². The second-order valence-electron chi connectivity index (χ2n) is 5.21. The zero-order chi connectivity index (χ0) is 14.9. The number of rotatable bonds is 5. The molecule has 0 radical (unpaired) electrons. The fourth-order valence-corrected chi connectivity index (χ4v) is 2.94. The molecule has 0 saturated carbocycles. The van der Waals surface area contributed by atoms with Crippen LogP contribution in [0.3, 0.4) is 0 Å². The van der Waals surface area contributed by atoms with Crippen LogP contribution in [-0.2, 0) is 0 Å². The smallest absolute Gasteiger partial charge is 0.229 e. The average Bonchev–Trinajstić information content (AvgIpc) is 2.81. The van der Waals surface area contributed by atoms with E-state index in [1.54, 1.807) is 0 Å². The molecule has 3 N–H and O–H groups in total. The number of hydrogen-bond acceptors (Lipinski definition) is 5. The number of anilines is 1. The lowest BCUT2D eigenvalue weighted by atomic mass is 10.1. The summed E-state index contributed by atoms with van der Waals surface area (Å²) in [6, 6.07) is 0. The molecule has 6 nitrogen and oxygen atoms in total. The summed E-state index contributed by atoms with van der Waals surface area (Å²) in [5, 5.41) is 0. The summed E-state index contributed by atoms with van der Waals surface area (Å²) < 4.78 is 17.3. The number of aromatic nitrogens is 2. The lowest BCUT2D eigenvalue weighted by molar-refractivity contribution is 0.255. The first-order valence-corrected chi connectivity index (χ1v) is 8.62. The number of nitrogens with two attached hydrogens (primary N) is 1. The molecule has 1 saturated heterocycles. The number of nitrogen functional groups attached to an aromatic ring is 1. The van der Waals surface area contributed by atoms with Gasteiger partial charge in [0.15, 0.2) is 11.1 Å². The molecule has 2 rings (SSSR count). The molecule has 1 aliphatic heterocycles. The SMILES string of the molecule is Nc1n[s+]([O-])[nH]c1=NCCCCC#CCN1CCCCC1. The molecule has 1 aromatic heterocycles. The predicted molar refractivity (Wildman–Crippen MR) is 84.0 cm³/mol. The Kier molecular flexibility index (Phi) is 6.73. The van der Waals surface area contributed by atoms with Crippen LogP contribution in [0.1, 0.15) is 38.5 Å². The average molecular weight is 309 g/mol. The lowest BCUT2D eigenvalue weighted by Gasteiger charge is -2.23. The minimum absolute atomic E-state index is 0.231. The third kappa shape index (κ3) is 5.87. The van der Waals surface area contributed by atoms with Crippen molar-refractivity contribution in [3.8, 4) is 11.8 Å². The highest BCUT2D eigenvalue weighted by molar-refractivity contribution is 7.13. The van der Waals surface area contributed by atoms with Crippen LogP contribution in [0, 0.1) is 11.8 Å². The number of aromatic amines is 1. The lowest BCUT2D eigenvalue weighted by Crippen LogP contribution is -2.29. The summed E-state index contributed by atoms with van der Waals surface area (Å²) in [7, 11) is 0. The van der Waals surface area contributed by atoms with E-state index < -0.39 is 11.1 Å². The van der Waals surface area contributed by atoms with Crippen molar-refractivity contribution in [2.24, 2.45) is 4.99 Å². The summed E-state index contributed by atoms with van der Waals surface area (Å²) >= 11 is -1.44. The number of likely N-dealkylation sites (tertiary alicyclic amines) is 1. The molecule has 1 fully saturated rings. The van der Waals surface area contributed by atoms with Crippen LogP contribution < -0.4 is 11.2 Å². The molecule has 116 valence electrons. The molecule has 1 aromatic rings. The topological polar surface area (TPSA) is 93.4 Å². The molecule has 0 bridgehead atoms. The van der Waals surface area contributed by atoms with E-state index in [1.165, 1.54) is 32.4 Å². The largest absolute Gasteiger partial charge is 0.548 e. The fraction of sp³-hybridized carbons (Fsp3) is 0.714. The molecule has 0 aromatic carbocycles. The van der Waals surface area contributed by atoms with E-state index in [4.69, 9.17) is 5.73 Å². The van der Waals surface area contributed by atoms with Crippen molar-refractivity contribution in [3.63, 3.8) is 0 Å². The van der Waals surface area contributed by atoms with E-state index in [-0.39, 0.29) is 5.82 Å². The van der Waals surface area contributed by atoms with Gasteiger partial charge in [0, 0.05) is 17.3 Å². The van der Waals surface area contributed by atoms with Gasteiger partial charge in [0.2, 0.25) is 11.3 Å². The maximum atomic E-state index is 11.0. The zero-order valence-electron chi connectivity index (χ0n) is 12.3. The van der Waals surface area contributed by atoms with E-state index in [1.807, 2.05) is 0 Å². The van der Waals surface area contributed by atoms with Crippen molar-refractivity contribution in [1.29, 1.82) is 0 Å². The number of unbranched alkanes of at least 4 members (excludes halogenated alkanes) is 2. The molecule has 1 atom stereocenters. The minimum atomic E-state index is -1.44. The molecule has 0 aliphatic carbocycles. The van der Waals surface area contributed by atoms with E-state index in [0.29, 0.717) is 12.0 Å². The Hall–Kier alpha value is -1.36. The third-order valence-electron chi connectivity index (χ3n) is 3.46. The minimum Gasteiger partial charge on any atom is -0.548 e. The van der Waals surface area contributed by atoms with Gasteiger partial charge in [0.25, 0.3) is 0 Å². The molecule has 0 amide bonds. The highest BCUT2D eigenvalue weighted by Gasteiger charge is 2.07. The first-order chi connectivity index (χ1) is 10.3. The number of hydrogen-bond donors (Lipinski definition) is 2. The second-order valence-corrected chi connectivity index (χ2v) is 6.09. The summed E-state index contributed by atoms with van der Waals surface area (Å²) in [4.78, 5) is 6.67. The van der Waals surface area contributed by atoms with Crippen molar-refractivity contribution in [2.45, 2.75) is 38.5 Å². The van der Waals surface area contributed by atoms with Crippen molar-refractivity contribution >= 4 is 17.0 Å². The number of piperidine rings is 1. The van der Waals surface area contributed by atoms with Gasteiger partial charge in [-0.2, -0.15) is 0 Å². The van der Waals surface area contributed by atoms with Crippen molar-refractivity contribution in [2.75, 3.05) is 31.9 Å². The number of H-pyrrole nitrogens is 1. The van der Waals surface area contributed by atoms with E-state index in [0.717, 1.165) is 25.8 Å². The predicted octanol–water partition coefficient (Wildman–Crippen LogP) is 1.28. The Morgan fingerprint density at radius 2 is 2.10 bits per heavy atom. The molecular weight excluding hydrogens is 286 g/mol. The highest BCUT2D eigenvalue weighted by Crippen LogP contribution is 2.07. The van der Waals surface area contributed by atoms with Crippen LogP contribution >= 0.6 is 11.1 Å². The molecule has 21 heavy (non-hydrogen) atoms. The summed E-state index contributed by atoms with van der Waals surface area (Å²) in [5.74, 6) is 6.70. The van der Waals surface area contributed by atoms with E-state index >= 15 is 0 Å². The Bertz CT molecular complexity index is 548. The highest BCUT2D eigenvalue weighted by atomic mass is 32.2. The monoisotopic (exact) mass is 309 g/mol. The number of nitrogens with one attached hydrogen (secondary N) is 1. The van der Waals surface area contributed by atoms with Crippen LogP contribution in [-0.4, -0.2) is 44.4 Å². The van der Waals surface area contributed by atoms with E-state index in [9.17, 15) is 4.55 Å². The summed E-state index contributed by atoms with van der Waals surface area (Å²) in [6.45, 7) is 3.96. The Balaban J connectivity index is 1.58. The van der Waals surface area contributed by atoms with Gasteiger partial charge >= 0.3 is 0 Å². The molecule has 1 aliphatic rings. The van der Waals surface area contributed by atoms with Crippen LogP contribution in [0.25, 0.3) is 0 Å². The van der Waals surface area contributed by atoms with Crippen molar-refractivity contribution < 1.29 is 4.55 Å². The molecule has 0 spiro atoms. The van der Waals surface area contributed by atoms with Gasteiger partial charge in [-0.05, 0) is 38.8 Å². The standard InChI is InChI=1S/C14H23N5OS/c15-13-14(18-21(20)17-13)16-9-5-2-1-3-6-10-19-11-7-4-8-12-19/h1-2,4-5,7-12H2,(H2,15,17)(H,16,18). The van der Waals surface area contributed by atoms with Crippen LogP contribution in [0.15, 0.2) is 4.99 Å². The van der Waals surface area contributed by atoms with Gasteiger partial charge in [-0.25, -0.2) is 0 Å². The first-order valence-electron chi connectivity index (χ1n) is 7.51. The second kappa shape index (κ2) is 8.82. The third-order valence-corrected chi connectivity index (χ3v) is 4.19. The maximum Gasteiger partial charge on any atom is 0.229 e. The van der Waals surface area contributed by atoms with Gasteiger partial charge in [0.05, 0.1) is 6.54 Å². The summed E-state index contributed by atoms with van der Waals surface area (Å²) in [5.41, 5.74) is 6.01. The van der Waals surface area contributed by atoms with Crippen LogP contribution in [0.2, 0.25) is 0 Å². The first kappa shape index (κ1) is 16.0. The molecular formula is C14H23N5OS. The van der Waals surface area contributed by atoms with Gasteiger partial charge in [-0.3, -0.25) is 9.89 Å². The summed E-state index contributed by atoms with van der Waals surface area (Å²) in [6.07, 6.45) is 6.86. The molecule has 7 heteroatoms. The molecule has 2 heterocycles. The Morgan fingerprint density at radius 3 is 2.81 bits per heavy atom. The quantitative estimate of drug-likeness (QED) is 0.487. The van der Waals surface area contributed by atoms with Gasteiger partial charge < -0.3 is 10.3 Å². The van der Waals surface area contributed by atoms with Gasteiger partial charge in [-0.15, -0.1) is 10.3 Å². The van der Waals surface area contributed by atoms with Crippen molar-refractivity contribution in [1.82, 2.24) is 13.6 Å². The normalized spacial score (nSPS) is 17.6. The maximum absolute atomic E-state index is 11.0. The zero-order valence-corrected chi connectivity index (χ0v) is 13.1. The fourth-order valence-electron chi connectivity index (χ4n) is 2.29. The van der Waals surface area contributed by atoms with Crippen LogP contribution in [0.5, 0.6) is 0 Å².